The Kier molecular flexibility index (Phi) is 8.43. The SMILES string of the molecule is Cn1cnnc1CC1(c2cc(NCC3CCS(=O)CC3)nc(N3Cc4c(cc(CNC5(C)CCC5)cc4C(F)(F)F)C3=O)c2)CCC1. The van der Waals surface area contributed by atoms with Gasteiger partial charge >= 0.3 is 6.18 Å². The van der Waals surface area contributed by atoms with E-state index in [0.717, 1.165) is 62.8 Å². The van der Waals surface area contributed by atoms with Crippen LogP contribution in [-0.2, 0) is 48.9 Å². The Labute approximate surface area is 275 Å². The molecule has 4 heterocycles. The number of nitrogens with zero attached hydrogens (tertiary/aromatic N) is 5. The van der Waals surface area contributed by atoms with Crippen LogP contribution in [0.1, 0.15) is 96.7 Å². The van der Waals surface area contributed by atoms with Gasteiger partial charge in [-0.2, -0.15) is 13.2 Å². The number of nitrogens with one attached hydrogen (secondary N) is 2. The Morgan fingerprint density at radius 3 is 2.43 bits per heavy atom. The summed E-state index contributed by atoms with van der Waals surface area (Å²) in [6.07, 6.45) is 5.38. The lowest BCUT2D eigenvalue weighted by molar-refractivity contribution is -0.138. The van der Waals surface area contributed by atoms with E-state index >= 15 is 0 Å². The van der Waals surface area contributed by atoms with E-state index in [1.54, 1.807) is 12.4 Å². The number of fused-ring (bicyclic) bond motifs is 1. The average molecular weight is 670 g/mol. The number of carbonyl (C=O) groups excluding carboxylic acids is 1. The fraction of sp³-hybridized carbons (Fsp3) is 0.588. The predicted molar refractivity (Wildman–Crippen MR) is 175 cm³/mol. The van der Waals surface area contributed by atoms with E-state index in [1.165, 1.54) is 11.0 Å². The number of pyridine rings is 1. The Bertz CT molecular complexity index is 1690. The second-order valence-electron chi connectivity index (χ2n) is 14.3. The molecule has 0 bridgehead atoms. The molecule has 2 N–H and O–H groups in total. The number of amides is 1. The molecule has 2 aromatic heterocycles. The third-order valence-electron chi connectivity index (χ3n) is 11.0. The largest absolute Gasteiger partial charge is 0.416 e. The van der Waals surface area contributed by atoms with E-state index in [1.807, 2.05) is 23.7 Å². The summed E-state index contributed by atoms with van der Waals surface area (Å²) in [5.41, 5.74) is 0.429. The summed E-state index contributed by atoms with van der Waals surface area (Å²) in [6.45, 7) is 2.79. The molecule has 13 heteroatoms. The maximum atomic E-state index is 14.5. The van der Waals surface area contributed by atoms with Crippen molar-refractivity contribution in [2.75, 3.05) is 28.3 Å². The molecule has 3 fully saturated rings. The highest BCUT2D eigenvalue weighted by Gasteiger charge is 2.43. The molecular formula is C34H42F3N7O2S. The summed E-state index contributed by atoms with van der Waals surface area (Å²) in [6, 6.07) is 6.74. The molecule has 2 aliphatic carbocycles. The number of hydrogen-bond acceptors (Lipinski definition) is 7. The zero-order valence-electron chi connectivity index (χ0n) is 27.0. The first-order chi connectivity index (χ1) is 22.4. The summed E-state index contributed by atoms with van der Waals surface area (Å²) >= 11 is 0. The Hall–Kier alpha value is -3.32. The van der Waals surface area contributed by atoms with Crippen LogP contribution in [0.3, 0.4) is 0 Å². The van der Waals surface area contributed by atoms with Gasteiger partial charge in [0.1, 0.15) is 23.8 Å². The third-order valence-corrected chi connectivity index (χ3v) is 12.4. The number of alkyl halides is 3. The molecule has 1 saturated heterocycles. The maximum Gasteiger partial charge on any atom is 0.416 e. The van der Waals surface area contributed by atoms with Crippen LogP contribution in [0.2, 0.25) is 0 Å². The van der Waals surface area contributed by atoms with Crippen LogP contribution in [-0.4, -0.2) is 53.5 Å². The van der Waals surface area contributed by atoms with E-state index < -0.39 is 28.4 Å². The number of hydrogen-bond donors (Lipinski definition) is 2. The molecule has 4 aliphatic rings. The molecule has 1 aromatic carbocycles. The molecule has 1 amide bonds. The van der Waals surface area contributed by atoms with Crippen LogP contribution < -0.4 is 15.5 Å². The second kappa shape index (κ2) is 12.3. The summed E-state index contributed by atoms with van der Waals surface area (Å²) < 4.78 is 57.2. The first-order valence-electron chi connectivity index (χ1n) is 16.7. The number of carbonyl (C=O) groups is 1. The van der Waals surface area contributed by atoms with Crippen molar-refractivity contribution in [2.45, 2.75) is 94.9 Å². The predicted octanol–water partition coefficient (Wildman–Crippen LogP) is 5.66. The molecule has 9 nitrogen and oxygen atoms in total. The van der Waals surface area contributed by atoms with Crippen LogP contribution in [0.25, 0.3) is 0 Å². The number of aromatic nitrogens is 4. The van der Waals surface area contributed by atoms with Crippen LogP contribution in [0.5, 0.6) is 0 Å². The van der Waals surface area contributed by atoms with E-state index in [2.05, 4.69) is 27.8 Å². The Balaban J connectivity index is 1.22. The minimum atomic E-state index is -4.60. The number of benzene rings is 1. The number of aryl methyl sites for hydroxylation is 1. The molecule has 3 aromatic rings. The van der Waals surface area contributed by atoms with Gasteiger partial charge in [0.2, 0.25) is 0 Å². The monoisotopic (exact) mass is 669 g/mol. The molecule has 0 spiro atoms. The summed E-state index contributed by atoms with van der Waals surface area (Å²) in [5.74, 6) is 3.03. The topological polar surface area (TPSA) is 105 Å². The minimum Gasteiger partial charge on any atom is -0.370 e. The number of anilines is 2. The highest BCUT2D eigenvalue weighted by atomic mass is 32.2. The molecular weight excluding hydrogens is 627 g/mol. The lowest BCUT2D eigenvalue weighted by atomic mass is 9.62. The molecule has 0 radical (unpaired) electrons. The quantitative estimate of drug-likeness (QED) is 0.287. The van der Waals surface area contributed by atoms with Gasteiger partial charge < -0.3 is 15.2 Å². The second-order valence-corrected chi connectivity index (χ2v) is 16.0. The smallest absolute Gasteiger partial charge is 0.370 e. The van der Waals surface area contributed by atoms with Crippen LogP contribution in [0.15, 0.2) is 30.6 Å². The van der Waals surface area contributed by atoms with E-state index in [4.69, 9.17) is 4.98 Å². The van der Waals surface area contributed by atoms with Gasteiger partial charge in [0, 0.05) is 65.4 Å². The van der Waals surface area contributed by atoms with Crippen molar-refractivity contribution in [3.8, 4) is 0 Å². The van der Waals surface area contributed by atoms with Gasteiger partial charge in [-0.1, -0.05) is 6.42 Å². The third kappa shape index (κ3) is 6.45. The lowest BCUT2D eigenvalue weighted by Gasteiger charge is -2.42. The van der Waals surface area contributed by atoms with E-state index in [-0.39, 0.29) is 35.2 Å². The zero-order chi connectivity index (χ0) is 33.0. The number of rotatable bonds is 10. The summed E-state index contributed by atoms with van der Waals surface area (Å²) in [7, 11) is 1.15. The van der Waals surface area contributed by atoms with E-state index in [9.17, 15) is 22.2 Å². The first kappa shape index (κ1) is 32.2. The van der Waals surface area contributed by atoms with Crippen molar-refractivity contribution in [3.05, 3.63) is 64.2 Å². The molecule has 252 valence electrons. The highest BCUT2D eigenvalue weighted by Crippen LogP contribution is 2.48. The maximum absolute atomic E-state index is 14.5. The van der Waals surface area contributed by atoms with Crippen molar-refractivity contribution >= 4 is 28.3 Å². The molecule has 7 rings (SSSR count). The van der Waals surface area contributed by atoms with Crippen molar-refractivity contribution in [1.29, 1.82) is 0 Å². The average Bonchev–Trinajstić information content (AvgIpc) is 3.57. The zero-order valence-corrected chi connectivity index (χ0v) is 27.8. The first-order valence-corrected chi connectivity index (χ1v) is 18.1. The Morgan fingerprint density at radius 1 is 1.06 bits per heavy atom. The van der Waals surface area contributed by atoms with Gasteiger partial charge in [0.25, 0.3) is 5.91 Å². The molecule has 0 unspecified atom stereocenters. The van der Waals surface area contributed by atoms with Gasteiger partial charge in [0.05, 0.1) is 12.1 Å². The minimum absolute atomic E-state index is 0.00420. The van der Waals surface area contributed by atoms with Gasteiger partial charge in [-0.25, -0.2) is 4.98 Å². The van der Waals surface area contributed by atoms with Crippen molar-refractivity contribution in [2.24, 2.45) is 13.0 Å². The highest BCUT2D eigenvalue weighted by molar-refractivity contribution is 7.85. The van der Waals surface area contributed by atoms with Crippen LogP contribution in [0, 0.1) is 5.92 Å². The van der Waals surface area contributed by atoms with Gasteiger partial charge in [-0.05, 0) is 98.7 Å². The molecule has 47 heavy (non-hydrogen) atoms. The van der Waals surface area contributed by atoms with Crippen molar-refractivity contribution < 1.29 is 22.2 Å². The molecule has 0 atom stereocenters. The molecule has 2 saturated carbocycles. The normalized spacial score (nSPS) is 23.3. The summed E-state index contributed by atoms with van der Waals surface area (Å²) in [4.78, 5) is 20.3. The fourth-order valence-corrected chi connectivity index (χ4v) is 8.89. The fourth-order valence-electron chi connectivity index (χ4n) is 7.50. The van der Waals surface area contributed by atoms with Crippen molar-refractivity contribution in [3.63, 3.8) is 0 Å². The number of halogens is 3. The standard InChI is InChI=1S/C34H42F3N7O2S/c1-32(7-3-8-32)39-19-23-13-25-26(27(14-23)34(35,36)37)20-44(31(25)45)29-16-24(33(9-4-10-33)17-30-42-40-21-43(30)2)15-28(41-29)38-18-22-5-11-47(46)12-6-22/h13-16,21-22,39H,3-12,17-20H2,1-2H3,(H,38,41). The summed E-state index contributed by atoms with van der Waals surface area (Å²) in [5, 5.41) is 15.3. The lowest BCUT2D eigenvalue weighted by Crippen LogP contribution is -2.47. The van der Waals surface area contributed by atoms with Crippen LogP contribution in [0.4, 0.5) is 24.8 Å². The molecule has 2 aliphatic heterocycles. The van der Waals surface area contributed by atoms with E-state index in [0.29, 0.717) is 47.6 Å². The van der Waals surface area contributed by atoms with Gasteiger partial charge in [-0.15, -0.1) is 10.2 Å². The van der Waals surface area contributed by atoms with Crippen molar-refractivity contribution in [1.82, 2.24) is 25.1 Å². The Morgan fingerprint density at radius 2 is 1.81 bits per heavy atom. The van der Waals surface area contributed by atoms with Gasteiger partial charge in [-0.3, -0.25) is 13.9 Å². The van der Waals surface area contributed by atoms with Gasteiger partial charge in [0.15, 0.2) is 0 Å². The van der Waals surface area contributed by atoms with Crippen LogP contribution >= 0.6 is 0 Å².